The molecular weight excluding hydrogens is 495 g/mol. The van der Waals surface area contributed by atoms with Gasteiger partial charge in [0.25, 0.3) is 0 Å². The molecule has 12 heteroatoms. The highest BCUT2D eigenvalue weighted by Crippen LogP contribution is 2.33. The van der Waals surface area contributed by atoms with Gasteiger partial charge in [-0.15, -0.1) is 0 Å². The monoisotopic (exact) mass is 521 g/mol. The van der Waals surface area contributed by atoms with Gasteiger partial charge in [-0.1, -0.05) is 0 Å². The molecule has 2 aromatic carbocycles. The molecule has 0 atom stereocenters. The van der Waals surface area contributed by atoms with Crippen LogP contribution in [0.4, 0.5) is 0 Å². The molecule has 36 heavy (non-hydrogen) atoms. The van der Waals surface area contributed by atoms with E-state index >= 15 is 0 Å². The molecule has 0 saturated heterocycles. The first-order valence-electron chi connectivity index (χ1n) is 11.0. The first kappa shape index (κ1) is 28.3. The van der Waals surface area contributed by atoms with E-state index in [1.807, 2.05) is 0 Å². The Balaban J connectivity index is 2.35. The van der Waals surface area contributed by atoms with Crippen molar-refractivity contribution in [2.75, 3.05) is 26.4 Å². The van der Waals surface area contributed by atoms with E-state index in [9.17, 15) is 23.7 Å². The zero-order valence-corrected chi connectivity index (χ0v) is 21.1. The molecule has 0 unspecified atom stereocenters. The third kappa shape index (κ3) is 8.06. The molecule has 0 aliphatic carbocycles. The average molecular weight is 521 g/mol. The molecule has 0 bridgehead atoms. The predicted octanol–water partition coefficient (Wildman–Crippen LogP) is 4.51. The van der Waals surface area contributed by atoms with E-state index in [0.717, 1.165) is 0 Å². The molecule has 0 spiro atoms. The summed E-state index contributed by atoms with van der Waals surface area (Å²) in [5, 5.41) is 0. The summed E-state index contributed by atoms with van der Waals surface area (Å²) in [5.41, 5.74) is -0.131. The van der Waals surface area contributed by atoms with E-state index < -0.39 is 32.1 Å². The highest BCUT2D eigenvalue weighted by molar-refractivity contribution is 7.34. The number of rotatable bonds is 12. The van der Waals surface area contributed by atoms with Gasteiger partial charge in [0.05, 0.1) is 48.7 Å². The zero-order chi connectivity index (χ0) is 26.7. The molecule has 0 heterocycles. The second-order valence-corrected chi connectivity index (χ2v) is 7.59. The summed E-state index contributed by atoms with van der Waals surface area (Å²) < 4.78 is 43.0. The molecule has 0 radical (unpaired) electrons. The Morgan fingerprint density at radius 2 is 0.778 bits per heavy atom. The van der Waals surface area contributed by atoms with Crippen molar-refractivity contribution >= 4 is 32.1 Å². The second kappa shape index (κ2) is 13.8. The Labute approximate surface area is 208 Å². The van der Waals surface area contributed by atoms with Crippen molar-refractivity contribution in [2.45, 2.75) is 27.7 Å². The fourth-order valence-electron chi connectivity index (χ4n) is 2.82. The molecule has 2 rings (SSSR count). The second-order valence-electron chi connectivity index (χ2n) is 6.78. The van der Waals surface area contributed by atoms with Crippen molar-refractivity contribution in [3.8, 4) is 11.5 Å². The molecule has 0 fully saturated rings. The Morgan fingerprint density at radius 3 is 1.00 bits per heavy atom. The van der Waals surface area contributed by atoms with Gasteiger partial charge in [0.1, 0.15) is 0 Å². The lowest BCUT2D eigenvalue weighted by atomic mass is 10.1. The number of carbonyl (C=O) groups is 4. The van der Waals surface area contributed by atoms with E-state index in [-0.39, 0.29) is 60.2 Å². The maximum atomic E-state index is 12.6. The van der Waals surface area contributed by atoms with Crippen LogP contribution in [0.3, 0.4) is 0 Å². The smallest absolute Gasteiger partial charge is 0.462 e. The maximum Gasteiger partial charge on any atom is 0.805 e. The van der Waals surface area contributed by atoms with E-state index in [0.29, 0.717) is 0 Å². The van der Waals surface area contributed by atoms with Crippen LogP contribution < -0.4 is 9.05 Å². The Kier molecular flexibility index (Phi) is 10.8. The van der Waals surface area contributed by atoms with Crippen LogP contribution in [0.25, 0.3) is 0 Å². The number of esters is 4. The zero-order valence-electron chi connectivity index (χ0n) is 20.2. The highest BCUT2D eigenvalue weighted by atomic mass is 31.1. The van der Waals surface area contributed by atoms with Gasteiger partial charge in [0.15, 0.2) is 11.5 Å². The minimum Gasteiger partial charge on any atom is -0.462 e. The molecule has 0 aliphatic heterocycles. The molecule has 0 amide bonds. The van der Waals surface area contributed by atoms with Gasteiger partial charge in [-0.05, 0) is 39.8 Å². The minimum atomic E-state index is -2.95. The molecule has 11 nitrogen and oxygen atoms in total. The predicted molar refractivity (Wildman–Crippen MR) is 126 cm³/mol. The number of ether oxygens (including phenoxy) is 4. The lowest BCUT2D eigenvalue weighted by molar-refractivity contribution is 0.0506. The van der Waals surface area contributed by atoms with Crippen molar-refractivity contribution in [3.63, 3.8) is 0 Å². The first-order chi connectivity index (χ1) is 17.2. The van der Waals surface area contributed by atoms with E-state index in [1.165, 1.54) is 36.4 Å². The van der Waals surface area contributed by atoms with Crippen LogP contribution in [-0.4, -0.2) is 50.3 Å². The van der Waals surface area contributed by atoms with Gasteiger partial charge in [0.2, 0.25) is 0 Å². The molecule has 2 aromatic rings. The highest BCUT2D eigenvalue weighted by Gasteiger charge is 2.28. The molecule has 192 valence electrons. The Morgan fingerprint density at radius 1 is 0.528 bits per heavy atom. The summed E-state index contributed by atoms with van der Waals surface area (Å²) in [7, 11) is -2.95. The number of benzene rings is 2. The minimum absolute atomic E-state index is 0.0327. The number of carbonyl (C=O) groups excluding carboxylic acids is 4. The van der Waals surface area contributed by atoms with Gasteiger partial charge in [-0.25, -0.2) is 28.2 Å². The first-order valence-corrected chi connectivity index (χ1v) is 12.1. The van der Waals surface area contributed by atoms with Crippen LogP contribution in [-0.2, 0) is 23.5 Å². The molecule has 0 aliphatic rings. The van der Waals surface area contributed by atoms with Crippen LogP contribution in [0.5, 0.6) is 11.5 Å². The van der Waals surface area contributed by atoms with Gasteiger partial charge in [0, 0.05) is 28.8 Å². The van der Waals surface area contributed by atoms with Crippen molar-refractivity contribution < 1.29 is 51.7 Å². The van der Waals surface area contributed by atoms with Gasteiger partial charge in [-0.3, -0.25) is 0 Å². The van der Waals surface area contributed by atoms with Crippen LogP contribution in [0, 0.1) is 0 Å². The summed E-state index contributed by atoms with van der Waals surface area (Å²) in [6, 6.07) is 7.38. The van der Waals surface area contributed by atoms with Gasteiger partial charge in [-0.2, -0.15) is 0 Å². The van der Waals surface area contributed by atoms with Crippen LogP contribution in [0.1, 0.15) is 69.1 Å². The third-order valence-corrected chi connectivity index (χ3v) is 4.94. The fourth-order valence-corrected chi connectivity index (χ4v) is 3.42. The van der Waals surface area contributed by atoms with Gasteiger partial charge >= 0.3 is 32.1 Å². The molecule has 0 N–H and O–H groups in total. The fraction of sp³-hybridized carbons (Fsp3) is 0.333. The lowest BCUT2D eigenvalue weighted by Crippen LogP contribution is -2.10. The summed E-state index contributed by atoms with van der Waals surface area (Å²) in [6.45, 7) is 6.83. The van der Waals surface area contributed by atoms with Crippen molar-refractivity contribution in [2.24, 2.45) is 0 Å². The normalized spacial score (nSPS) is 10.1. The maximum absolute atomic E-state index is 12.6. The Bertz CT molecular complexity index is 983. The molecule has 0 aromatic heterocycles. The summed E-state index contributed by atoms with van der Waals surface area (Å²) in [4.78, 5) is 48.8. The van der Waals surface area contributed by atoms with Gasteiger partial charge < -0.3 is 18.9 Å². The number of hydrogen-bond donors (Lipinski definition) is 0. The van der Waals surface area contributed by atoms with Crippen molar-refractivity contribution in [3.05, 3.63) is 58.7 Å². The average Bonchev–Trinajstić information content (AvgIpc) is 2.84. The largest absolute Gasteiger partial charge is 0.805 e. The topological polar surface area (TPSA) is 141 Å². The number of hydrogen-bond acceptors (Lipinski definition) is 11. The van der Waals surface area contributed by atoms with Crippen molar-refractivity contribution in [1.29, 1.82) is 0 Å². The quantitative estimate of drug-likeness (QED) is 0.221. The van der Waals surface area contributed by atoms with Crippen molar-refractivity contribution in [1.82, 2.24) is 0 Å². The van der Waals surface area contributed by atoms with E-state index in [2.05, 4.69) is 0 Å². The molecular formula is C24H26O11P+. The summed E-state index contributed by atoms with van der Waals surface area (Å²) in [5.74, 6) is -3.21. The SMILES string of the molecule is CCOC(=O)c1cc(O[P+](=O)Oc2cc(C(=O)OCC)cc(C(=O)OCC)c2)cc(C(=O)OCC)c1. The van der Waals surface area contributed by atoms with Crippen LogP contribution >= 0.6 is 8.25 Å². The van der Waals surface area contributed by atoms with Crippen LogP contribution in [0.15, 0.2) is 36.4 Å². The molecule has 0 saturated carbocycles. The van der Waals surface area contributed by atoms with E-state index in [1.54, 1.807) is 27.7 Å². The Hall–Kier alpha value is -3.98. The lowest BCUT2D eigenvalue weighted by Gasteiger charge is -2.07. The van der Waals surface area contributed by atoms with Crippen LogP contribution in [0.2, 0.25) is 0 Å². The summed E-state index contributed by atoms with van der Waals surface area (Å²) >= 11 is 0. The third-order valence-electron chi connectivity index (χ3n) is 4.22. The summed E-state index contributed by atoms with van der Waals surface area (Å²) in [6.07, 6.45) is 0. The standard InChI is InChI=1S/C24H26O11P/c1-5-30-21(25)15-9-16(22(26)31-6-2)12-19(11-15)34-36(29)35-20-13-17(23(27)32-7-3)10-18(14-20)24(28)33-8-4/h9-14H,5-8H2,1-4H3/q+1. The van der Waals surface area contributed by atoms with E-state index in [4.69, 9.17) is 28.0 Å².